The standard InChI is InChI=1S/C19H18N4O2S2/c1-13-10-27-19-20-15(9-17(24)23(13)19)11-26-12-18(25)22-8-7-16(21-22)14-5-3-2-4-6-14/h2-6,9-10H,7-8,11-12H2,1H3. The van der Waals surface area contributed by atoms with Crippen LogP contribution in [0, 0.1) is 6.92 Å². The van der Waals surface area contributed by atoms with E-state index in [1.807, 2.05) is 42.6 Å². The zero-order valence-electron chi connectivity index (χ0n) is 14.8. The number of hydrogen-bond acceptors (Lipinski definition) is 6. The lowest BCUT2D eigenvalue weighted by atomic mass is 10.1. The van der Waals surface area contributed by atoms with Gasteiger partial charge in [0.25, 0.3) is 11.5 Å². The summed E-state index contributed by atoms with van der Waals surface area (Å²) in [5.74, 6) is 0.823. The Labute approximate surface area is 164 Å². The third kappa shape index (κ3) is 3.81. The molecule has 0 aliphatic carbocycles. The van der Waals surface area contributed by atoms with E-state index >= 15 is 0 Å². The molecule has 0 saturated carbocycles. The van der Waals surface area contributed by atoms with Crippen molar-refractivity contribution in [3.63, 3.8) is 0 Å². The number of thioether (sulfide) groups is 1. The Kier molecular flexibility index (Phi) is 5.09. The van der Waals surface area contributed by atoms with Gasteiger partial charge in [0.1, 0.15) is 0 Å². The van der Waals surface area contributed by atoms with Crippen molar-refractivity contribution in [2.45, 2.75) is 19.1 Å². The summed E-state index contributed by atoms with van der Waals surface area (Å²) in [6.07, 6.45) is 0.771. The Hall–Kier alpha value is -2.45. The van der Waals surface area contributed by atoms with Crippen molar-refractivity contribution >= 4 is 39.7 Å². The molecule has 0 spiro atoms. The Morgan fingerprint density at radius 1 is 1.30 bits per heavy atom. The number of aryl methyl sites for hydroxylation is 1. The summed E-state index contributed by atoms with van der Waals surface area (Å²) in [4.78, 5) is 29.8. The molecule has 1 aliphatic heterocycles. The highest BCUT2D eigenvalue weighted by atomic mass is 32.2. The minimum Gasteiger partial charge on any atom is -0.272 e. The molecular formula is C19H18N4O2S2. The number of benzene rings is 1. The minimum absolute atomic E-state index is 0.0179. The van der Waals surface area contributed by atoms with Gasteiger partial charge in [0.15, 0.2) is 4.96 Å². The first-order valence-electron chi connectivity index (χ1n) is 8.59. The van der Waals surface area contributed by atoms with E-state index in [1.54, 1.807) is 15.5 Å². The van der Waals surface area contributed by atoms with E-state index < -0.39 is 0 Å². The van der Waals surface area contributed by atoms with Gasteiger partial charge in [0.2, 0.25) is 0 Å². The molecule has 8 heteroatoms. The molecule has 4 rings (SSSR count). The maximum Gasteiger partial charge on any atom is 0.258 e. The molecule has 0 fully saturated rings. The van der Waals surface area contributed by atoms with Gasteiger partial charge in [-0.15, -0.1) is 23.1 Å². The molecule has 3 heterocycles. The van der Waals surface area contributed by atoms with Crippen LogP contribution >= 0.6 is 23.1 Å². The number of fused-ring (bicyclic) bond motifs is 1. The lowest BCUT2D eigenvalue weighted by Crippen LogP contribution is -2.25. The Bertz CT molecular complexity index is 1070. The average Bonchev–Trinajstić information content (AvgIpc) is 3.30. The number of rotatable bonds is 5. The number of nitrogens with zero attached hydrogens (tertiary/aromatic N) is 4. The SMILES string of the molecule is Cc1csc2nc(CSCC(=O)N3CCC(c4ccccc4)=N3)cc(=O)n12. The number of thiazole rings is 1. The predicted molar refractivity (Wildman–Crippen MR) is 110 cm³/mol. The molecule has 1 aliphatic rings. The van der Waals surface area contributed by atoms with E-state index in [4.69, 9.17) is 0 Å². The fraction of sp³-hybridized carbons (Fsp3) is 0.263. The number of hydrogen-bond donors (Lipinski definition) is 0. The number of carbonyl (C=O) groups excluding carboxylic acids is 1. The van der Waals surface area contributed by atoms with Gasteiger partial charge in [-0.1, -0.05) is 30.3 Å². The fourth-order valence-electron chi connectivity index (χ4n) is 2.96. The molecule has 0 saturated heterocycles. The highest BCUT2D eigenvalue weighted by molar-refractivity contribution is 7.99. The summed E-state index contributed by atoms with van der Waals surface area (Å²) < 4.78 is 1.61. The van der Waals surface area contributed by atoms with Crippen LogP contribution in [0.2, 0.25) is 0 Å². The largest absolute Gasteiger partial charge is 0.272 e. The van der Waals surface area contributed by atoms with Crippen LogP contribution < -0.4 is 5.56 Å². The molecule has 0 unspecified atom stereocenters. The summed E-state index contributed by atoms with van der Waals surface area (Å²) in [7, 11) is 0. The number of amides is 1. The van der Waals surface area contributed by atoms with Crippen molar-refractivity contribution in [3.05, 3.63) is 69.1 Å². The second-order valence-electron chi connectivity index (χ2n) is 6.25. The molecule has 138 valence electrons. The van der Waals surface area contributed by atoms with Crippen molar-refractivity contribution in [1.29, 1.82) is 0 Å². The molecule has 2 aromatic heterocycles. The van der Waals surface area contributed by atoms with Crippen molar-refractivity contribution in [2.24, 2.45) is 5.10 Å². The molecule has 0 radical (unpaired) electrons. The molecular weight excluding hydrogens is 380 g/mol. The second-order valence-corrected chi connectivity index (χ2v) is 8.08. The van der Waals surface area contributed by atoms with Crippen LogP contribution in [0.4, 0.5) is 0 Å². The summed E-state index contributed by atoms with van der Waals surface area (Å²) in [5, 5.41) is 7.92. The minimum atomic E-state index is -0.0719. The number of carbonyl (C=O) groups is 1. The van der Waals surface area contributed by atoms with E-state index in [-0.39, 0.29) is 11.5 Å². The monoisotopic (exact) mass is 398 g/mol. The highest BCUT2D eigenvalue weighted by Gasteiger charge is 2.21. The van der Waals surface area contributed by atoms with Crippen molar-refractivity contribution in [2.75, 3.05) is 12.3 Å². The zero-order valence-corrected chi connectivity index (χ0v) is 16.4. The van der Waals surface area contributed by atoms with E-state index in [0.29, 0.717) is 28.7 Å². The number of aromatic nitrogens is 2. The topological polar surface area (TPSA) is 67.0 Å². The predicted octanol–water partition coefficient (Wildman–Crippen LogP) is 2.93. The molecule has 0 atom stereocenters. The van der Waals surface area contributed by atoms with Gasteiger partial charge in [-0.2, -0.15) is 5.10 Å². The van der Waals surface area contributed by atoms with Gasteiger partial charge >= 0.3 is 0 Å². The van der Waals surface area contributed by atoms with Gasteiger partial charge in [-0.3, -0.25) is 14.0 Å². The highest BCUT2D eigenvalue weighted by Crippen LogP contribution is 2.18. The maximum absolute atomic E-state index is 12.4. The molecule has 0 N–H and O–H groups in total. The van der Waals surface area contributed by atoms with Crippen LogP contribution in [0.3, 0.4) is 0 Å². The van der Waals surface area contributed by atoms with Gasteiger partial charge < -0.3 is 0 Å². The van der Waals surface area contributed by atoms with E-state index in [0.717, 1.165) is 23.4 Å². The lowest BCUT2D eigenvalue weighted by Gasteiger charge is -2.10. The van der Waals surface area contributed by atoms with Gasteiger partial charge in [-0.25, -0.2) is 9.99 Å². The quantitative estimate of drug-likeness (QED) is 0.663. The zero-order chi connectivity index (χ0) is 18.8. The third-order valence-corrected chi connectivity index (χ3v) is 6.20. The third-order valence-electron chi connectivity index (χ3n) is 4.30. The maximum atomic E-state index is 12.4. The Morgan fingerprint density at radius 3 is 2.93 bits per heavy atom. The molecule has 27 heavy (non-hydrogen) atoms. The van der Waals surface area contributed by atoms with Crippen LogP contribution in [0.5, 0.6) is 0 Å². The smallest absolute Gasteiger partial charge is 0.258 e. The first-order valence-corrected chi connectivity index (χ1v) is 10.6. The summed E-state index contributed by atoms with van der Waals surface area (Å²) in [6.45, 7) is 2.50. The van der Waals surface area contributed by atoms with Gasteiger partial charge in [0.05, 0.1) is 23.7 Å². The summed E-state index contributed by atoms with van der Waals surface area (Å²) >= 11 is 2.91. The average molecular weight is 399 g/mol. The Balaban J connectivity index is 1.36. The van der Waals surface area contributed by atoms with Crippen LogP contribution in [0.15, 0.2) is 51.7 Å². The molecule has 6 nitrogen and oxygen atoms in total. The summed E-state index contributed by atoms with van der Waals surface area (Å²) in [5.41, 5.74) is 3.53. The molecule has 0 bridgehead atoms. The van der Waals surface area contributed by atoms with Gasteiger partial charge in [-0.05, 0) is 12.5 Å². The van der Waals surface area contributed by atoms with Crippen molar-refractivity contribution in [3.8, 4) is 0 Å². The van der Waals surface area contributed by atoms with Crippen LogP contribution in [0.1, 0.15) is 23.4 Å². The molecule has 1 aromatic carbocycles. The van der Waals surface area contributed by atoms with E-state index in [9.17, 15) is 9.59 Å². The lowest BCUT2D eigenvalue weighted by molar-refractivity contribution is -0.127. The normalized spacial score (nSPS) is 14.0. The van der Waals surface area contributed by atoms with Crippen LogP contribution in [-0.2, 0) is 10.5 Å². The van der Waals surface area contributed by atoms with Crippen LogP contribution in [0.25, 0.3) is 4.96 Å². The van der Waals surface area contributed by atoms with Crippen molar-refractivity contribution in [1.82, 2.24) is 14.4 Å². The van der Waals surface area contributed by atoms with E-state index in [1.165, 1.54) is 23.1 Å². The number of hydrazone groups is 1. The van der Waals surface area contributed by atoms with Crippen LogP contribution in [-0.4, -0.2) is 38.3 Å². The van der Waals surface area contributed by atoms with E-state index in [2.05, 4.69) is 10.1 Å². The molecule has 1 amide bonds. The first kappa shape index (κ1) is 17.9. The van der Waals surface area contributed by atoms with Crippen molar-refractivity contribution < 1.29 is 4.79 Å². The molecule has 3 aromatic rings. The Morgan fingerprint density at radius 2 is 2.11 bits per heavy atom. The second kappa shape index (κ2) is 7.66. The summed E-state index contributed by atoms with van der Waals surface area (Å²) in [6, 6.07) is 11.5. The fourth-order valence-corrected chi connectivity index (χ4v) is 4.64. The van der Waals surface area contributed by atoms with Gasteiger partial charge in [0, 0.05) is 29.3 Å². The first-order chi connectivity index (χ1) is 13.1.